The van der Waals surface area contributed by atoms with Crippen molar-refractivity contribution in [2.24, 2.45) is 7.05 Å². The molecule has 3 aromatic heterocycles. The Hall–Kier alpha value is -6.89. The van der Waals surface area contributed by atoms with Crippen molar-refractivity contribution in [2.75, 3.05) is 0 Å². The zero-order chi connectivity index (χ0) is 40.3. The lowest BCUT2D eigenvalue weighted by atomic mass is 9.61. The second-order valence-electron chi connectivity index (χ2n) is 17.0. The molecule has 6 heteroatoms. The second kappa shape index (κ2) is 12.8. The molecule has 1 spiro atoms. The lowest BCUT2D eigenvalue weighted by Gasteiger charge is -2.47. The van der Waals surface area contributed by atoms with E-state index in [1.807, 2.05) is 30.1 Å². The van der Waals surface area contributed by atoms with Crippen LogP contribution in [-0.2, 0) is 17.9 Å². The number of imidazole rings is 1. The number of hydrogen-bond donors (Lipinski definition) is 0. The number of para-hydroxylation sites is 2. The molecule has 7 aromatic carbocycles. The van der Waals surface area contributed by atoms with Crippen LogP contribution in [0.1, 0.15) is 48.6 Å². The van der Waals surface area contributed by atoms with Crippen LogP contribution in [0.3, 0.4) is 0 Å². The van der Waals surface area contributed by atoms with Gasteiger partial charge in [0.25, 0.3) is 0 Å². The fraction of sp³-hybridized carbons (Fsp3) is 0.111. The van der Waals surface area contributed by atoms with Gasteiger partial charge in [-0.1, -0.05) is 136 Å². The molecule has 0 amide bonds. The molecule has 12 rings (SSSR count). The summed E-state index contributed by atoms with van der Waals surface area (Å²) in [5, 5.41) is 2.33. The van der Waals surface area contributed by atoms with Gasteiger partial charge in [0.05, 0.1) is 40.2 Å². The monoisotopic (exact) mass is 792 g/mol. The highest BCUT2D eigenvalue weighted by atomic mass is 32.2. The van der Waals surface area contributed by atoms with Crippen molar-refractivity contribution in [2.45, 2.75) is 41.4 Å². The van der Waals surface area contributed by atoms with Gasteiger partial charge in [-0.15, -0.1) is 0 Å². The van der Waals surface area contributed by atoms with Crippen LogP contribution in [0.5, 0.6) is 11.5 Å². The minimum atomic E-state index is -0.658. The molecular weight excluding hydrogens is 753 g/mol. The smallest absolute Gasteiger partial charge is 0.244 e. The molecule has 2 aliphatic rings. The highest BCUT2D eigenvalue weighted by Gasteiger charge is 2.50. The van der Waals surface area contributed by atoms with E-state index in [1.54, 1.807) is 0 Å². The van der Waals surface area contributed by atoms with E-state index >= 15 is 0 Å². The van der Waals surface area contributed by atoms with Gasteiger partial charge in [-0.2, -0.15) is 0 Å². The minimum absolute atomic E-state index is 0.0505. The topological polar surface area (TPSA) is 35.9 Å². The third-order valence-corrected chi connectivity index (χ3v) is 13.7. The molecule has 0 bridgehead atoms. The molecule has 1 unspecified atom stereocenters. The quantitative estimate of drug-likeness (QED) is 0.132. The number of benzene rings is 7. The molecule has 0 saturated heterocycles. The van der Waals surface area contributed by atoms with Crippen LogP contribution >= 0.6 is 11.8 Å². The van der Waals surface area contributed by atoms with Gasteiger partial charge in [-0.05, 0) is 99.0 Å². The van der Waals surface area contributed by atoms with E-state index in [4.69, 9.17) is 9.72 Å². The molecule has 0 saturated carbocycles. The van der Waals surface area contributed by atoms with Crippen LogP contribution < -0.4 is 9.30 Å². The fourth-order valence-corrected chi connectivity index (χ4v) is 11.1. The van der Waals surface area contributed by atoms with Gasteiger partial charge in [-0.3, -0.25) is 4.57 Å². The van der Waals surface area contributed by atoms with Crippen molar-refractivity contribution in [3.05, 3.63) is 204 Å². The lowest BCUT2D eigenvalue weighted by molar-refractivity contribution is -0.649. The highest BCUT2D eigenvalue weighted by molar-refractivity contribution is 7.99. The Kier molecular flexibility index (Phi) is 7.49. The lowest BCUT2D eigenvalue weighted by Crippen LogP contribution is -2.38. The van der Waals surface area contributed by atoms with Gasteiger partial charge in [0.1, 0.15) is 17.3 Å². The average molecular weight is 793 g/mol. The first-order valence-corrected chi connectivity index (χ1v) is 21.3. The number of hydrogen-bond acceptors (Lipinski definition) is 3. The molecule has 60 heavy (non-hydrogen) atoms. The summed E-state index contributed by atoms with van der Waals surface area (Å²) in [6.45, 7) is 6.94. The number of aryl methyl sites for hydroxylation is 1. The fourth-order valence-electron chi connectivity index (χ4n) is 9.93. The minimum Gasteiger partial charge on any atom is -0.458 e. The summed E-state index contributed by atoms with van der Waals surface area (Å²) in [5.74, 6) is 2.38. The van der Waals surface area contributed by atoms with Crippen LogP contribution in [0.4, 0.5) is 0 Å². The first-order chi connectivity index (χ1) is 29.3. The summed E-state index contributed by atoms with van der Waals surface area (Å²) in [5.41, 5.74) is 13.6. The summed E-state index contributed by atoms with van der Waals surface area (Å²) in [6.07, 6.45) is 5.57. The SMILES string of the molecule is C[n+]1[c-]n2c3c(cccc31)C1(c3cc(C(C)(C)C)ccc3Sc3cccc(-c4ccccc4)c31)c1ccc(Oc3ccc4c5ccccc5n(-c5ccccn5)c4c3)cc1-2. The van der Waals surface area contributed by atoms with E-state index in [2.05, 4.69) is 200 Å². The number of ether oxygens (including phenoxy) is 1. The zero-order valence-electron chi connectivity index (χ0n) is 33.8. The molecule has 288 valence electrons. The number of nitrogens with zero attached hydrogens (tertiary/aromatic N) is 4. The third kappa shape index (κ3) is 4.94. The Bertz CT molecular complexity index is 3380. The van der Waals surface area contributed by atoms with Gasteiger partial charge in [0, 0.05) is 32.8 Å². The Balaban J connectivity index is 1.13. The molecule has 10 aromatic rings. The van der Waals surface area contributed by atoms with Crippen molar-refractivity contribution in [3.8, 4) is 34.1 Å². The molecule has 5 nitrogen and oxygen atoms in total. The highest BCUT2D eigenvalue weighted by Crippen LogP contribution is 2.62. The maximum Gasteiger partial charge on any atom is 0.244 e. The van der Waals surface area contributed by atoms with E-state index < -0.39 is 5.41 Å². The predicted molar refractivity (Wildman–Crippen MR) is 242 cm³/mol. The molecule has 5 heterocycles. The summed E-state index contributed by atoms with van der Waals surface area (Å²) in [7, 11) is 2.10. The molecule has 1 atom stereocenters. The molecular formula is C54H40N4OS. The summed E-state index contributed by atoms with van der Waals surface area (Å²) < 4.78 is 13.6. The molecule has 2 aliphatic heterocycles. The van der Waals surface area contributed by atoms with Gasteiger partial charge in [0.2, 0.25) is 6.33 Å². The van der Waals surface area contributed by atoms with Gasteiger partial charge >= 0.3 is 0 Å². The number of fused-ring (bicyclic) bond motifs is 11. The Morgan fingerprint density at radius 1 is 0.650 bits per heavy atom. The third-order valence-electron chi connectivity index (χ3n) is 12.6. The van der Waals surface area contributed by atoms with Crippen molar-refractivity contribution >= 4 is 44.6 Å². The van der Waals surface area contributed by atoms with Crippen LogP contribution in [0.15, 0.2) is 180 Å². The van der Waals surface area contributed by atoms with E-state index in [0.29, 0.717) is 0 Å². The van der Waals surface area contributed by atoms with E-state index in [1.165, 1.54) is 54.1 Å². The first-order valence-electron chi connectivity index (χ1n) is 20.5. The van der Waals surface area contributed by atoms with Crippen molar-refractivity contribution in [3.63, 3.8) is 0 Å². The average Bonchev–Trinajstić information content (AvgIpc) is 3.79. The zero-order valence-corrected chi connectivity index (χ0v) is 34.6. The number of aromatic nitrogens is 4. The van der Waals surface area contributed by atoms with Crippen molar-refractivity contribution in [1.29, 1.82) is 0 Å². The number of pyridine rings is 1. The second-order valence-corrected chi connectivity index (χ2v) is 18.1. The van der Waals surface area contributed by atoms with Crippen molar-refractivity contribution in [1.82, 2.24) is 14.1 Å². The Morgan fingerprint density at radius 3 is 2.28 bits per heavy atom. The Labute approximate surface area is 353 Å². The van der Waals surface area contributed by atoms with E-state index in [9.17, 15) is 0 Å². The molecule has 0 fully saturated rings. The number of rotatable bonds is 4. The maximum atomic E-state index is 6.93. The van der Waals surface area contributed by atoms with Crippen molar-refractivity contribution < 1.29 is 9.30 Å². The van der Waals surface area contributed by atoms with E-state index in [0.717, 1.165) is 50.5 Å². The van der Waals surface area contributed by atoms with Crippen LogP contribution in [0.2, 0.25) is 0 Å². The van der Waals surface area contributed by atoms with Crippen LogP contribution in [0.25, 0.3) is 55.5 Å². The summed E-state index contributed by atoms with van der Waals surface area (Å²) in [4.78, 5) is 7.29. The molecule has 0 radical (unpaired) electrons. The van der Waals surface area contributed by atoms with Crippen LogP contribution in [-0.4, -0.2) is 14.1 Å². The largest absolute Gasteiger partial charge is 0.458 e. The van der Waals surface area contributed by atoms with Crippen LogP contribution in [0, 0.1) is 6.33 Å². The van der Waals surface area contributed by atoms with E-state index in [-0.39, 0.29) is 5.41 Å². The molecule has 0 aliphatic carbocycles. The van der Waals surface area contributed by atoms with Gasteiger partial charge < -0.3 is 13.9 Å². The first kappa shape index (κ1) is 35.1. The Morgan fingerprint density at radius 2 is 1.43 bits per heavy atom. The summed E-state index contributed by atoms with van der Waals surface area (Å²) >= 11 is 1.88. The molecule has 0 N–H and O–H groups in total. The standard InChI is InChI=1S/C54H40N4OS/c1-53(2,3)35-23-28-48-43(30-35)54(51-38(17-12-21-49(51)60-48)34-14-6-5-7-15-34)41-27-25-37(32-47(41)57-33-56(4)45-20-13-18-42(54)52(45)57)59-36-24-26-40-39-16-8-9-19-44(39)58(46(40)31-36)50-22-10-11-29-55-50/h5-32H,1-4H3. The van der Waals surface area contributed by atoms with Gasteiger partial charge in [0.15, 0.2) is 0 Å². The predicted octanol–water partition coefficient (Wildman–Crippen LogP) is 12.7. The summed E-state index contributed by atoms with van der Waals surface area (Å²) in [6, 6.07) is 59.4. The normalized spacial score (nSPS) is 15.3. The maximum absolute atomic E-state index is 6.93. The van der Waals surface area contributed by atoms with Gasteiger partial charge in [-0.25, -0.2) is 4.98 Å².